The average Bonchev–Trinajstić information content (AvgIpc) is 3.07. The lowest BCUT2D eigenvalue weighted by Crippen LogP contribution is -2.24. The molecule has 0 fully saturated rings. The van der Waals surface area contributed by atoms with Crippen LogP contribution in [0.25, 0.3) is 0 Å². The van der Waals surface area contributed by atoms with Gasteiger partial charge in [-0.3, -0.25) is 4.79 Å². The number of hydrogen-bond donors (Lipinski definition) is 2. The lowest BCUT2D eigenvalue weighted by atomic mass is 10.2. The van der Waals surface area contributed by atoms with Crippen molar-refractivity contribution in [2.45, 2.75) is 13.1 Å². The minimum absolute atomic E-state index is 0.0950. The van der Waals surface area contributed by atoms with Crippen LogP contribution < -0.4 is 20.5 Å². The Morgan fingerprint density at radius 3 is 2.46 bits per heavy atom. The van der Waals surface area contributed by atoms with Crippen molar-refractivity contribution in [1.82, 2.24) is 20.3 Å². The third-order valence-electron chi connectivity index (χ3n) is 4.14. The predicted octanol–water partition coefficient (Wildman–Crippen LogP) is 2.62. The molecule has 1 amide bonds. The largest absolute Gasteiger partial charge is 0.493 e. The van der Waals surface area contributed by atoms with E-state index in [1.807, 2.05) is 30.3 Å². The summed E-state index contributed by atoms with van der Waals surface area (Å²) in [5, 5.41) is 10.7. The zero-order chi connectivity index (χ0) is 20.1. The van der Waals surface area contributed by atoms with Crippen LogP contribution in [-0.2, 0) is 13.1 Å². The molecule has 3 N–H and O–H groups in total. The Morgan fingerprint density at radius 1 is 1.11 bits per heavy atom. The van der Waals surface area contributed by atoms with Crippen LogP contribution in [0.5, 0.6) is 11.5 Å². The second-order valence-corrected chi connectivity index (χ2v) is 6.90. The maximum Gasteiger partial charge on any atom is 0.275 e. The monoisotopic (exact) mass is 445 g/mol. The second kappa shape index (κ2) is 8.75. The third kappa shape index (κ3) is 4.42. The number of nitrogens with one attached hydrogen (secondary N) is 1. The molecule has 0 atom stereocenters. The molecule has 9 heteroatoms. The zero-order valence-corrected chi connectivity index (χ0v) is 17.1. The number of amides is 1. The van der Waals surface area contributed by atoms with E-state index in [1.54, 1.807) is 26.4 Å². The molecule has 0 saturated carbocycles. The van der Waals surface area contributed by atoms with Crippen LogP contribution in [0, 0.1) is 0 Å². The van der Waals surface area contributed by atoms with E-state index < -0.39 is 5.91 Å². The van der Waals surface area contributed by atoms with Crippen molar-refractivity contribution in [3.8, 4) is 11.5 Å². The van der Waals surface area contributed by atoms with Gasteiger partial charge in [-0.15, -0.1) is 5.10 Å². The van der Waals surface area contributed by atoms with Crippen molar-refractivity contribution in [2.75, 3.05) is 20.0 Å². The van der Waals surface area contributed by atoms with Gasteiger partial charge in [0.25, 0.3) is 5.91 Å². The number of nitrogen functional groups attached to an aromatic ring is 1. The first kappa shape index (κ1) is 19.7. The van der Waals surface area contributed by atoms with Crippen molar-refractivity contribution in [1.29, 1.82) is 0 Å². The lowest BCUT2D eigenvalue weighted by Gasteiger charge is -2.10. The van der Waals surface area contributed by atoms with E-state index in [1.165, 1.54) is 4.68 Å². The zero-order valence-electron chi connectivity index (χ0n) is 15.5. The Kier molecular flexibility index (Phi) is 6.15. The van der Waals surface area contributed by atoms with Gasteiger partial charge in [0.1, 0.15) is 0 Å². The van der Waals surface area contributed by atoms with Crippen molar-refractivity contribution >= 4 is 27.7 Å². The first-order valence-electron chi connectivity index (χ1n) is 8.44. The van der Waals surface area contributed by atoms with Gasteiger partial charge in [-0.05, 0) is 35.4 Å². The number of carbonyl (C=O) groups excluding carboxylic acids is 1. The quantitative estimate of drug-likeness (QED) is 0.578. The van der Waals surface area contributed by atoms with Crippen molar-refractivity contribution in [3.05, 3.63) is 63.8 Å². The van der Waals surface area contributed by atoms with Gasteiger partial charge in [0, 0.05) is 11.0 Å². The number of halogens is 1. The fraction of sp³-hybridized carbons (Fsp3) is 0.211. The van der Waals surface area contributed by atoms with Crippen molar-refractivity contribution in [3.63, 3.8) is 0 Å². The summed E-state index contributed by atoms with van der Waals surface area (Å²) < 4.78 is 13.0. The molecule has 1 heterocycles. The summed E-state index contributed by atoms with van der Waals surface area (Å²) in [7, 11) is 3.13. The SMILES string of the molecule is COc1ccc(CNC(=O)c2nnn(Cc3ccc(Br)cc3)c2N)cc1OC. The molecule has 146 valence electrons. The van der Waals surface area contributed by atoms with Gasteiger partial charge in [-0.1, -0.05) is 39.3 Å². The number of anilines is 1. The molecule has 0 bridgehead atoms. The van der Waals surface area contributed by atoms with E-state index in [2.05, 4.69) is 31.6 Å². The van der Waals surface area contributed by atoms with E-state index in [4.69, 9.17) is 15.2 Å². The number of nitrogens with two attached hydrogens (primary N) is 1. The molecule has 28 heavy (non-hydrogen) atoms. The molecular weight excluding hydrogens is 426 g/mol. The number of nitrogens with zero attached hydrogens (tertiary/aromatic N) is 3. The van der Waals surface area contributed by atoms with E-state index in [-0.39, 0.29) is 18.1 Å². The summed E-state index contributed by atoms with van der Waals surface area (Å²) >= 11 is 3.39. The van der Waals surface area contributed by atoms with Crippen LogP contribution >= 0.6 is 15.9 Å². The summed E-state index contributed by atoms with van der Waals surface area (Å²) in [5.41, 5.74) is 8.01. The topological polar surface area (TPSA) is 104 Å². The van der Waals surface area contributed by atoms with Gasteiger partial charge in [0.05, 0.1) is 20.8 Å². The maximum atomic E-state index is 12.5. The first-order chi connectivity index (χ1) is 13.5. The lowest BCUT2D eigenvalue weighted by molar-refractivity contribution is 0.0946. The molecule has 2 aromatic carbocycles. The molecule has 0 aliphatic carbocycles. The van der Waals surface area contributed by atoms with Gasteiger partial charge >= 0.3 is 0 Å². The van der Waals surface area contributed by atoms with E-state index in [0.717, 1.165) is 15.6 Å². The molecule has 0 unspecified atom stereocenters. The number of carbonyl (C=O) groups is 1. The Balaban J connectivity index is 1.66. The van der Waals surface area contributed by atoms with Crippen molar-refractivity contribution in [2.24, 2.45) is 0 Å². The minimum Gasteiger partial charge on any atom is -0.493 e. The molecule has 0 saturated heterocycles. The normalized spacial score (nSPS) is 10.5. The smallest absolute Gasteiger partial charge is 0.275 e. The summed E-state index contributed by atoms with van der Waals surface area (Å²) in [4.78, 5) is 12.5. The van der Waals surface area contributed by atoms with Crippen LogP contribution in [0.2, 0.25) is 0 Å². The van der Waals surface area contributed by atoms with Gasteiger partial charge in [-0.2, -0.15) is 0 Å². The highest BCUT2D eigenvalue weighted by Gasteiger charge is 2.17. The van der Waals surface area contributed by atoms with E-state index >= 15 is 0 Å². The Bertz CT molecular complexity index is 972. The molecular formula is C19H20BrN5O3. The van der Waals surface area contributed by atoms with E-state index in [0.29, 0.717) is 18.0 Å². The molecule has 3 aromatic rings. The summed E-state index contributed by atoms with van der Waals surface area (Å²) in [6.07, 6.45) is 0. The Morgan fingerprint density at radius 2 is 1.79 bits per heavy atom. The van der Waals surface area contributed by atoms with Crippen LogP contribution in [0.1, 0.15) is 21.6 Å². The molecule has 1 aromatic heterocycles. The van der Waals surface area contributed by atoms with Crippen LogP contribution in [0.15, 0.2) is 46.9 Å². The van der Waals surface area contributed by atoms with Crippen molar-refractivity contribution < 1.29 is 14.3 Å². The standard InChI is InChI=1S/C19H20BrN5O3/c1-27-15-8-5-13(9-16(15)28-2)10-22-19(26)17-18(21)25(24-23-17)11-12-3-6-14(20)7-4-12/h3-9H,10-11,21H2,1-2H3,(H,22,26). The second-order valence-electron chi connectivity index (χ2n) is 5.98. The number of aromatic nitrogens is 3. The summed E-state index contributed by atoms with van der Waals surface area (Å²) in [6, 6.07) is 13.2. The first-order valence-corrected chi connectivity index (χ1v) is 9.23. The third-order valence-corrected chi connectivity index (χ3v) is 4.66. The highest BCUT2D eigenvalue weighted by atomic mass is 79.9. The number of rotatable bonds is 7. The van der Waals surface area contributed by atoms with Crippen LogP contribution in [0.4, 0.5) is 5.82 Å². The molecule has 0 spiro atoms. The van der Waals surface area contributed by atoms with Gasteiger partial charge in [-0.25, -0.2) is 4.68 Å². The molecule has 0 radical (unpaired) electrons. The Labute approximate surface area is 170 Å². The molecule has 3 rings (SSSR count). The molecule has 0 aliphatic rings. The molecule has 0 aliphatic heterocycles. The Hall–Kier alpha value is -3.07. The fourth-order valence-electron chi connectivity index (χ4n) is 2.62. The van der Waals surface area contributed by atoms with Crippen LogP contribution in [-0.4, -0.2) is 35.1 Å². The fourth-order valence-corrected chi connectivity index (χ4v) is 2.88. The van der Waals surface area contributed by atoms with Crippen LogP contribution in [0.3, 0.4) is 0 Å². The predicted molar refractivity (Wildman–Crippen MR) is 108 cm³/mol. The number of hydrogen-bond acceptors (Lipinski definition) is 6. The summed E-state index contributed by atoms with van der Waals surface area (Å²) in [6.45, 7) is 0.716. The number of ether oxygens (including phenoxy) is 2. The average molecular weight is 446 g/mol. The van der Waals surface area contributed by atoms with E-state index in [9.17, 15) is 4.79 Å². The van der Waals surface area contributed by atoms with Gasteiger partial charge in [0.2, 0.25) is 0 Å². The van der Waals surface area contributed by atoms with Gasteiger partial charge < -0.3 is 20.5 Å². The number of methoxy groups -OCH3 is 2. The molecule has 8 nitrogen and oxygen atoms in total. The minimum atomic E-state index is -0.394. The highest BCUT2D eigenvalue weighted by Crippen LogP contribution is 2.27. The highest BCUT2D eigenvalue weighted by molar-refractivity contribution is 9.10. The number of benzene rings is 2. The van der Waals surface area contributed by atoms with Gasteiger partial charge in [0.15, 0.2) is 23.0 Å². The summed E-state index contributed by atoms with van der Waals surface area (Å²) in [5.74, 6) is 1.04. The maximum absolute atomic E-state index is 12.5.